The van der Waals surface area contributed by atoms with Gasteiger partial charge in [0.2, 0.25) is 0 Å². The Kier molecular flexibility index (Phi) is 3.36. The van der Waals surface area contributed by atoms with Gasteiger partial charge in [0.25, 0.3) is 0 Å². The average Bonchev–Trinajstić information content (AvgIpc) is 3.47. The second kappa shape index (κ2) is 6.16. The summed E-state index contributed by atoms with van der Waals surface area (Å²) in [6, 6.07) is 16.0. The van der Waals surface area contributed by atoms with Crippen molar-refractivity contribution >= 4 is 44.4 Å². The van der Waals surface area contributed by atoms with Crippen LogP contribution in [0.4, 0.5) is 11.5 Å². The summed E-state index contributed by atoms with van der Waals surface area (Å²) in [5.74, 6) is 0.674. The highest BCUT2D eigenvalue weighted by molar-refractivity contribution is 5.89. The first kappa shape index (κ1) is 15.8. The predicted molar refractivity (Wildman–Crippen MR) is 110 cm³/mol. The maximum absolute atomic E-state index is 5.59. The molecule has 0 aliphatic heterocycles. The fourth-order valence-corrected chi connectivity index (χ4v) is 3.57. The van der Waals surface area contributed by atoms with E-state index in [2.05, 4.69) is 48.0 Å². The van der Waals surface area contributed by atoms with Crippen LogP contribution in [0.2, 0.25) is 0 Å². The van der Waals surface area contributed by atoms with Crippen molar-refractivity contribution in [3.63, 3.8) is 0 Å². The molecule has 6 rings (SSSR count). The zero-order chi connectivity index (χ0) is 19.2. The lowest BCUT2D eigenvalue weighted by Crippen LogP contribution is -1.92. The summed E-state index contributed by atoms with van der Waals surface area (Å²) in [4.78, 5) is 4.37. The van der Waals surface area contributed by atoms with Crippen LogP contribution in [0.1, 0.15) is 11.3 Å². The molecule has 6 aromatic rings. The molecule has 0 aliphatic carbocycles. The van der Waals surface area contributed by atoms with Gasteiger partial charge in [-0.05, 0) is 42.0 Å². The van der Waals surface area contributed by atoms with Gasteiger partial charge in [0, 0.05) is 35.1 Å². The lowest BCUT2D eigenvalue weighted by atomic mass is 10.1. The lowest BCUT2D eigenvalue weighted by Gasteiger charge is -2.03. The van der Waals surface area contributed by atoms with Gasteiger partial charge in [-0.1, -0.05) is 11.2 Å². The Bertz CT molecular complexity index is 1480. The highest BCUT2D eigenvalue weighted by Gasteiger charge is 2.12. The Labute approximate surface area is 163 Å². The third-order valence-corrected chi connectivity index (χ3v) is 5.01. The minimum absolute atomic E-state index is 0.674. The molecule has 0 radical (unpaired) electrons. The molecule has 140 valence electrons. The van der Waals surface area contributed by atoms with Crippen molar-refractivity contribution in [2.24, 2.45) is 0 Å². The summed E-state index contributed by atoms with van der Waals surface area (Å²) < 4.78 is 5.59. The number of pyridine rings is 1. The summed E-state index contributed by atoms with van der Waals surface area (Å²) >= 11 is 0. The second-order valence-electron chi connectivity index (χ2n) is 6.91. The van der Waals surface area contributed by atoms with Crippen LogP contribution >= 0.6 is 0 Å². The van der Waals surface area contributed by atoms with Gasteiger partial charge in [-0.15, -0.1) is 0 Å². The van der Waals surface area contributed by atoms with Crippen molar-refractivity contribution < 1.29 is 4.52 Å². The molecule has 0 spiro atoms. The molecule has 0 unspecified atom stereocenters. The smallest absolute Gasteiger partial charge is 0.178 e. The summed E-state index contributed by atoms with van der Waals surface area (Å²) in [5, 5.41) is 24.0. The molecule has 3 N–H and O–H groups in total. The number of benzene rings is 2. The van der Waals surface area contributed by atoms with E-state index in [0.29, 0.717) is 12.2 Å². The first-order valence-corrected chi connectivity index (χ1v) is 9.20. The normalized spacial score (nSPS) is 11.6. The van der Waals surface area contributed by atoms with Crippen LogP contribution in [0.5, 0.6) is 0 Å². The standard InChI is InChI=1S/C21H15N7O/c1-2-17-20(22-7-1)21(27-26-17)24-14-4-5-15-18(28-29-19(15)10-14)9-12-3-6-16-13(8-12)11-23-25-16/h1-8,10-11H,9H2,(H,23,25)(H2,24,26,27). The zero-order valence-corrected chi connectivity index (χ0v) is 15.2. The average molecular weight is 381 g/mol. The molecular weight excluding hydrogens is 366 g/mol. The lowest BCUT2D eigenvalue weighted by molar-refractivity contribution is 0.448. The van der Waals surface area contributed by atoms with Crippen LogP contribution in [0.3, 0.4) is 0 Å². The summed E-state index contributed by atoms with van der Waals surface area (Å²) in [6.45, 7) is 0. The van der Waals surface area contributed by atoms with Crippen LogP contribution in [-0.4, -0.2) is 30.5 Å². The van der Waals surface area contributed by atoms with Gasteiger partial charge in [-0.25, -0.2) is 0 Å². The Hall–Kier alpha value is -4.20. The maximum atomic E-state index is 5.59. The van der Waals surface area contributed by atoms with Gasteiger partial charge in [-0.2, -0.15) is 10.2 Å². The Morgan fingerprint density at radius 2 is 2.00 bits per heavy atom. The number of nitrogens with one attached hydrogen (secondary N) is 3. The van der Waals surface area contributed by atoms with E-state index in [-0.39, 0.29) is 0 Å². The maximum Gasteiger partial charge on any atom is 0.178 e. The molecule has 0 atom stereocenters. The van der Waals surface area contributed by atoms with E-state index >= 15 is 0 Å². The van der Waals surface area contributed by atoms with Gasteiger partial charge >= 0.3 is 0 Å². The number of hydrogen-bond acceptors (Lipinski definition) is 6. The molecule has 8 nitrogen and oxygen atoms in total. The van der Waals surface area contributed by atoms with Crippen molar-refractivity contribution in [1.29, 1.82) is 0 Å². The number of rotatable bonds is 4. The van der Waals surface area contributed by atoms with E-state index in [1.807, 2.05) is 42.6 Å². The van der Waals surface area contributed by atoms with Crippen LogP contribution < -0.4 is 5.32 Å². The third kappa shape index (κ3) is 2.69. The van der Waals surface area contributed by atoms with E-state index in [9.17, 15) is 0 Å². The topological polar surface area (TPSA) is 108 Å². The van der Waals surface area contributed by atoms with Gasteiger partial charge in [0.05, 0.1) is 22.9 Å². The van der Waals surface area contributed by atoms with Gasteiger partial charge in [0.1, 0.15) is 5.52 Å². The SMILES string of the molecule is c1cnc2c(Nc3ccc4c(Cc5ccc6[nH]ncc6c5)noc4c3)n[nH]c2c1. The number of aromatic nitrogens is 6. The summed E-state index contributed by atoms with van der Waals surface area (Å²) in [6.07, 6.45) is 4.26. The summed E-state index contributed by atoms with van der Waals surface area (Å²) in [7, 11) is 0. The second-order valence-corrected chi connectivity index (χ2v) is 6.91. The van der Waals surface area contributed by atoms with Crippen molar-refractivity contribution in [3.8, 4) is 0 Å². The fourth-order valence-electron chi connectivity index (χ4n) is 3.57. The number of H-pyrrole nitrogens is 2. The monoisotopic (exact) mass is 381 g/mol. The molecule has 8 heteroatoms. The van der Waals surface area contributed by atoms with Crippen LogP contribution in [0.15, 0.2) is 65.4 Å². The molecule has 0 fully saturated rings. The molecular formula is C21H15N7O. The van der Waals surface area contributed by atoms with Crippen molar-refractivity contribution in [2.45, 2.75) is 6.42 Å². The van der Waals surface area contributed by atoms with Crippen molar-refractivity contribution in [1.82, 2.24) is 30.5 Å². The Morgan fingerprint density at radius 3 is 3.00 bits per heavy atom. The first-order chi connectivity index (χ1) is 14.3. The molecule has 0 amide bonds. The third-order valence-electron chi connectivity index (χ3n) is 5.01. The molecule has 2 aromatic carbocycles. The minimum atomic E-state index is 0.674. The first-order valence-electron chi connectivity index (χ1n) is 9.20. The van der Waals surface area contributed by atoms with E-state index in [1.54, 1.807) is 6.20 Å². The van der Waals surface area contributed by atoms with E-state index < -0.39 is 0 Å². The molecule has 0 aliphatic rings. The molecule has 29 heavy (non-hydrogen) atoms. The van der Waals surface area contributed by atoms with Crippen molar-refractivity contribution in [3.05, 3.63) is 72.2 Å². The molecule has 4 aromatic heterocycles. The highest BCUT2D eigenvalue weighted by Crippen LogP contribution is 2.28. The highest BCUT2D eigenvalue weighted by atomic mass is 16.5. The number of fused-ring (bicyclic) bond motifs is 3. The van der Waals surface area contributed by atoms with Gasteiger partial charge < -0.3 is 9.84 Å². The number of anilines is 2. The largest absolute Gasteiger partial charge is 0.356 e. The molecule has 4 heterocycles. The molecule has 0 bridgehead atoms. The zero-order valence-electron chi connectivity index (χ0n) is 15.2. The Balaban J connectivity index is 1.30. The van der Waals surface area contributed by atoms with Gasteiger partial charge in [0.15, 0.2) is 11.4 Å². The van der Waals surface area contributed by atoms with E-state index in [0.717, 1.165) is 49.9 Å². The molecule has 0 saturated carbocycles. The minimum Gasteiger partial charge on any atom is -0.356 e. The number of aromatic amines is 2. The van der Waals surface area contributed by atoms with Crippen molar-refractivity contribution in [2.75, 3.05) is 5.32 Å². The fraction of sp³-hybridized carbons (Fsp3) is 0.0476. The Morgan fingerprint density at radius 1 is 1.00 bits per heavy atom. The van der Waals surface area contributed by atoms with Crippen LogP contribution in [0, 0.1) is 0 Å². The number of nitrogens with zero attached hydrogens (tertiary/aromatic N) is 4. The van der Waals surface area contributed by atoms with E-state index in [4.69, 9.17) is 4.52 Å². The van der Waals surface area contributed by atoms with Crippen LogP contribution in [0.25, 0.3) is 32.9 Å². The quantitative estimate of drug-likeness (QED) is 0.420. The van der Waals surface area contributed by atoms with E-state index in [1.165, 1.54) is 0 Å². The van der Waals surface area contributed by atoms with Crippen LogP contribution in [-0.2, 0) is 6.42 Å². The molecule has 0 saturated heterocycles. The van der Waals surface area contributed by atoms with Gasteiger partial charge in [-0.3, -0.25) is 15.2 Å². The predicted octanol–water partition coefficient (Wildman–Crippen LogP) is 4.31. The number of hydrogen-bond donors (Lipinski definition) is 3. The summed E-state index contributed by atoms with van der Waals surface area (Å²) in [5.41, 5.74) is 6.34.